The average Bonchev–Trinajstić information content (AvgIpc) is 3.33. The lowest BCUT2D eigenvalue weighted by Gasteiger charge is -2.39. The highest BCUT2D eigenvalue weighted by atomic mass is 16.7. The van der Waals surface area contributed by atoms with Gasteiger partial charge in [0.1, 0.15) is 5.75 Å². The Kier molecular flexibility index (Phi) is 5.98. The zero-order chi connectivity index (χ0) is 23.7. The summed E-state index contributed by atoms with van der Waals surface area (Å²) < 4.78 is 34.5. The Hall–Kier alpha value is -3.78. The third kappa shape index (κ3) is 3.90. The fraction of sp³-hybridized carbons (Fsp3) is 0.308. The summed E-state index contributed by atoms with van der Waals surface area (Å²) in [6.07, 6.45) is -0.336. The van der Waals surface area contributed by atoms with E-state index in [9.17, 15) is 0 Å². The zero-order valence-corrected chi connectivity index (χ0v) is 19.6. The molecule has 0 fully saturated rings. The van der Waals surface area contributed by atoms with E-state index in [1.165, 1.54) is 0 Å². The molecule has 2 aliphatic heterocycles. The van der Waals surface area contributed by atoms with Crippen molar-refractivity contribution in [3.8, 4) is 34.5 Å². The first-order valence-corrected chi connectivity index (χ1v) is 11.1. The van der Waals surface area contributed by atoms with Crippen LogP contribution in [0.1, 0.15) is 24.0 Å². The quantitative estimate of drug-likeness (QED) is 0.494. The van der Waals surface area contributed by atoms with Crippen LogP contribution in [-0.4, -0.2) is 34.4 Å². The van der Waals surface area contributed by atoms with Gasteiger partial charge in [-0.25, -0.2) is 0 Å². The standard InChI is InChI=1S/C26H28N2O6/c1-15-24(16-10-22(29-2)25(31-4)23(11-16)30-3)18-12-20-21(33-14-32-20)13-19(18)34-26(15)28-27-17-8-6-5-7-9-17/h5-13,15,24,26-28H,14H2,1-4H3/t15-,24-,26+/m1/s1. The molecular formula is C26H28N2O6. The first-order chi connectivity index (χ1) is 16.6. The number of hydrazine groups is 1. The molecule has 0 spiro atoms. The Labute approximate surface area is 198 Å². The lowest BCUT2D eigenvalue weighted by molar-refractivity contribution is 0.0862. The van der Waals surface area contributed by atoms with Crippen LogP contribution in [0.5, 0.6) is 34.5 Å². The largest absolute Gasteiger partial charge is 0.493 e. The van der Waals surface area contributed by atoms with E-state index in [1.54, 1.807) is 21.3 Å². The van der Waals surface area contributed by atoms with Gasteiger partial charge in [-0.3, -0.25) is 0 Å². The highest BCUT2D eigenvalue weighted by Crippen LogP contribution is 2.51. The second-order valence-corrected chi connectivity index (χ2v) is 8.21. The van der Waals surface area contributed by atoms with Gasteiger partial charge in [-0.05, 0) is 35.9 Å². The van der Waals surface area contributed by atoms with E-state index in [0.29, 0.717) is 28.7 Å². The first-order valence-electron chi connectivity index (χ1n) is 11.1. The van der Waals surface area contributed by atoms with Crippen LogP contribution < -0.4 is 39.3 Å². The van der Waals surface area contributed by atoms with E-state index < -0.39 is 0 Å². The van der Waals surface area contributed by atoms with Crippen LogP contribution in [0.2, 0.25) is 0 Å². The summed E-state index contributed by atoms with van der Waals surface area (Å²) in [4.78, 5) is 0. The van der Waals surface area contributed by atoms with Crippen molar-refractivity contribution in [2.75, 3.05) is 33.5 Å². The predicted octanol–water partition coefficient (Wildman–Crippen LogP) is 4.54. The maximum Gasteiger partial charge on any atom is 0.231 e. The van der Waals surface area contributed by atoms with Gasteiger partial charge in [-0.15, -0.1) is 0 Å². The molecule has 0 aliphatic carbocycles. The second-order valence-electron chi connectivity index (χ2n) is 8.21. The minimum absolute atomic E-state index is 0.0203. The van der Waals surface area contributed by atoms with Crippen molar-refractivity contribution >= 4 is 5.69 Å². The molecule has 0 amide bonds. The number of hydrogen-bond donors (Lipinski definition) is 2. The molecule has 3 atom stereocenters. The molecule has 2 aliphatic rings. The predicted molar refractivity (Wildman–Crippen MR) is 127 cm³/mol. The molecule has 0 radical (unpaired) electrons. The molecule has 0 aromatic heterocycles. The molecule has 0 bridgehead atoms. The van der Waals surface area contributed by atoms with Gasteiger partial charge in [0.25, 0.3) is 0 Å². The highest BCUT2D eigenvalue weighted by Gasteiger charge is 2.39. The van der Waals surface area contributed by atoms with Crippen molar-refractivity contribution in [3.05, 3.63) is 65.7 Å². The molecule has 34 heavy (non-hydrogen) atoms. The Morgan fingerprint density at radius 1 is 0.824 bits per heavy atom. The van der Waals surface area contributed by atoms with Crippen molar-refractivity contribution in [1.29, 1.82) is 0 Å². The molecule has 8 heteroatoms. The maximum atomic E-state index is 6.40. The van der Waals surface area contributed by atoms with Crippen molar-refractivity contribution in [1.82, 2.24) is 5.43 Å². The normalized spacial score (nSPS) is 20.2. The van der Waals surface area contributed by atoms with Gasteiger partial charge >= 0.3 is 0 Å². The lowest BCUT2D eigenvalue weighted by Crippen LogP contribution is -2.47. The molecule has 3 aromatic carbocycles. The van der Waals surface area contributed by atoms with Gasteiger partial charge in [-0.1, -0.05) is 25.1 Å². The van der Waals surface area contributed by atoms with Crippen LogP contribution in [0.3, 0.4) is 0 Å². The average molecular weight is 465 g/mol. The second kappa shape index (κ2) is 9.23. The van der Waals surface area contributed by atoms with E-state index in [4.69, 9.17) is 28.4 Å². The fourth-order valence-electron chi connectivity index (χ4n) is 4.59. The third-order valence-corrected chi connectivity index (χ3v) is 6.28. The van der Waals surface area contributed by atoms with Crippen molar-refractivity contribution < 1.29 is 28.4 Å². The van der Waals surface area contributed by atoms with E-state index in [0.717, 1.165) is 22.6 Å². The van der Waals surface area contributed by atoms with E-state index in [2.05, 4.69) is 17.8 Å². The van der Waals surface area contributed by atoms with Crippen LogP contribution in [0.4, 0.5) is 5.69 Å². The molecule has 5 rings (SSSR count). The topological polar surface area (TPSA) is 79.4 Å². The van der Waals surface area contributed by atoms with Gasteiger partial charge in [0.15, 0.2) is 29.2 Å². The van der Waals surface area contributed by atoms with Crippen LogP contribution in [0.25, 0.3) is 0 Å². The Balaban J connectivity index is 1.57. The van der Waals surface area contributed by atoms with Gasteiger partial charge in [0.2, 0.25) is 12.5 Å². The summed E-state index contributed by atoms with van der Waals surface area (Å²) in [7, 11) is 4.84. The molecule has 8 nitrogen and oxygen atoms in total. The molecular weight excluding hydrogens is 436 g/mol. The third-order valence-electron chi connectivity index (χ3n) is 6.28. The fourth-order valence-corrected chi connectivity index (χ4v) is 4.59. The highest BCUT2D eigenvalue weighted by molar-refractivity contribution is 5.60. The van der Waals surface area contributed by atoms with Gasteiger partial charge in [0.05, 0.1) is 21.3 Å². The van der Waals surface area contributed by atoms with Crippen LogP contribution in [-0.2, 0) is 0 Å². The number of para-hydroxylation sites is 1. The molecule has 0 unspecified atom stereocenters. The van der Waals surface area contributed by atoms with Crippen LogP contribution in [0, 0.1) is 5.92 Å². The number of ether oxygens (including phenoxy) is 6. The maximum absolute atomic E-state index is 6.40. The van der Waals surface area contributed by atoms with Gasteiger partial charge in [-0.2, -0.15) is 5.43 Å². The lowest BCUT2D eigenvalue weighted by atomic mass is 9.78. The number of benzene rings is 3. The zero-order valence-electron chi connectivity index (χ0n) is 19.6. The summed E-state index contributed by atoms with van der Waals surface area (Å²) in [5, 5.41) is 0. The minimum Gasteiger partial charge on any atom is -0.493 e. The summed E-state index contributed by atoms with van der Waals surface area (Å²) in [6, 6.07) is 17.8. The minimum atomic E-state index is -0.336. The molecule has 2 N–H and O–H groups in total. The number of methoxy groups -OCH3 is 3. The number of fused-ring (bicyclic) bond motifs is 2. The Morgan fingerprint density at radius 2 is 1.50 bits per heavy atom. The number of anilines is 1. The summed E-state index contributed by atoms with van der Waals surface area (Å²) >= 11 is 0. The van der Waals surface area contributed by atoms with Gasteiger partial charge in [0, 0.05) is 29.2 Å². The molecule has 0 saturated carbocycles. The number of rotatable bonds is 7. The van der Waals surface area contributed by atoms with E-state index in [-0.39, 0.29) is 24.9 Å². The molecule has 2 heterocycles. The van der Waals surface area contributed by atoms with Crippen LogP contribution in [0.15, 0.2) is 54.6 Å². The summed E-state index contributed by atoms with van der Waals surface area (Å²) in [5.41, 5.74) is 9.57. The Bertz CT molecular complexity index is 1140. The van der Waals surface area contributed by atoms with Crippen LogP contribution >= 0.6 is 0 Å². The summed E-state index contributed by atoms with van der Waals surface area (Å²) in [6.45, 7) is 2.34. The van der Waals surface area contributed by atoms with Crippen molar-refractivity contribution in [2.24, 2.45) is 5.92 Å². The van der Waals surface area contributed by atoms with E-state index in [1.807, 2.05) is 54.6 Å². The molecule has 178 valence electrons. The first kappa shape index (κ1) is 22.0. The Morgan fingerprint density at radius 3 is 2.15 bits per heavy atom. The summed E-state index contributed by atoms with van der Waals surface area (Å²) in [5.74, 6) is 3.84. The number of nitrogens with one attached hydrogen (secondary N) is 2. The molecule has 0 saturated heterocycles. The smallest absolute Gasteiger partial charge is 0.231 e. The molecule has 3 aromatic rings. The van der Waals surface area contributed by atoms with Gasteiger partial charge < -0.3 is 33.8 Å². The number of hydrogen-bond acceptors (Lipinski definition) is 8. The SMILES string of the molecule is COc1cc([C@@H]2c3cc4c(cc3O[C@H](NNc3ccccc3)[C@@H]2C)OCO4)cc(OC)c1OC. The van der Waals surface area contributed by atoms with E-state index >= 15 is 0 Å². The van der Waals surface area contributed by atoms with Crippen molar-refractivity contribution in [3.63, 3.8) is 0 Å². The van der Waals surface area contributed by atoms with Crippen molar-refractivity contribution in [2.45, 2.75) is 19.1 Å². The monoisotopic (exact) mass is 464 g/mol.